The van der Waals surface area contributed by atoms with Crippen molar-refractivity contribution in [3.05, 3.63) is 29.0 Å². The van der Waals surface area contributed by atoms with Crippen LogP contribution in [0.15, 0.2) is 15.6 Å². The Balaban J connectivity index is 0.000000765. The average Bonchev–Trinajstić information content (AvgIpc) is 3.08. The summed E-state index contributed by atoms with van der Waals surface area (Å²) in [7, 11) is 1.87. The van der Waals surface area contributed by atoms with Crippen LogP contribution in [0.3, 0.4) is 0 Å². The molecular formula is C16H25N5O4S. The lowest BCUT2D eigenvalue weighted by molar-refractivity contribution is -0.134. The quantitative estimate of drug-likeness (QED) is 0.659. The number of hydrogen-bond acceptors (Lipinski definition) is 7. The maximum Gasteiger partial charge on any atom is 0.300 e. The fraction of sp³-hybridized carbons (Fsp3) is 0.500. The predicted octanol–water partition coefficient (Wildman–Crippen LogP) is 1.65. The van der Waals surface area contributed by atoms with Crippen molar-refractivity contribution >= 4 is 23.6 Å². The third-order valence-corrected chi connectivity index (χ3v) is 4.27. The summed E-state index contributed by atoms with van der Waals surface area (Å²) in [6.45, 7) is 7.51. The number of amides is 1. The van der Waals surface area contributed by atoms with E-state index >= 15 is 0 Å². The fourth-order valence-corrected chi connectivity index (χ4v) is 2.98. The van der Waals surface area contributed by atoms with Crippen molar-refractivity contribution < 1.29 is 19.1 Å². The average molecular weight is 383 g/mol. The molecule has 0 atom stereocenters. The summed E-state index contributed by atoms with van der Waals surface area (Å²) in [4.78, 5) is 20.3. The van der Waals surface area contributed by atoms with E-state index in [0.717, 1.165) is 29.2 Å². The van der Waals surface area contributed by atoms with E-state index in [1.54, 1.807) is 6.07 Å². The van der Waals surface area contributed by atoms with Gasteiger partial charge < -0.3 is 25.6 Å². The number of aliphatic carboxylic acids is 1. The second kappa shape index (κ2) is 8.86. The minimum atomic E-state index is -0.833. The Labute approximate surface area is 156 Å². The smallest absolute Gasteiger partial charge is 0.300 e. The van der Waals surface area contributed by atoms with Crippen LogP contribution in [-0.2, 0) is 29.6 Å². The molecule has 1 amide bonds. The Kier molecular flexibility index (Phi) is 7.40. The molecule has 0 saturated heterocycles. The number of furan rings is 1. The van der Waals surface area contributed by atoms with Gasteiger partial charge in [-0.2, -0.15) is 0 Å². The molecule has 2 aromatic heterocycles. The van der Waals surface area contributed by atoms with Crippen LogP contribution in [0.25, 0.3) is 0 Å². The van der Waals surface area contributed by atoms with Gasteiger partial charge in [0.1, 0.15) is 11.6 Å². The number of primary amides is 1. The van der Waals surface area contributed by atoms with Gasteiger partial charge in [0.25, 0.3) is 11.9 Å². The molecule has 26 heavy (non-hydrogen) atoms. The summed E-state index contributed by atoms with van der Waals surface area (Å²) in [5, 5.41) is 16.3. The van der Waals surface area contributed by atoms with Crippen molar-refractivity contribution in [2.24, 2.45) is 18.5 Å². The summed E-state index contributed by atoms with van der Waals surface area (Å²) < 4.78 is 7.49. The van der Waals surface area contributed by atoms with E-state index in [1.807, 2.05) is 32.4 Å². The van der Waals surface area contributed by atoms with E-state index in [9.17, 15) is 4.79 Å². The van der Waals surface area contributed by atoms with Gasteiger partial charge in [-0.1, -0.05) is 32.5 Å². The van der Waals surface area contributed by atoms with E-state index < -0.39 is 11.9 Å². The fourth-order valence-electron chi connectivity index (χ4n) is 2.08. The number of hydrogen-bond donors (Lipinski definition) is 3. The topological polar surface area (TPSA) is 150 Å². The number of thioether (sulfide) groups is 1. The van der Waals surface area contributed by atoms with Crippen LogP contribution in [0.1, 0.15) is 55.4 Å². The van der Waals surface area contributed by atoms with Gasteiger partial charge in [0.15, 0.2) is 10.9 Å². The van der Waals surface area contributed by atoms with Gasteiger partial charge in [0, 0.05) is 30.7 Å². The Morgan fingerprint density at radius 3 is 2.35 bits per heavy atom. The normalized spacial score (nSPS) is 11.0. The van der Waals surface area contributed by atoms with Crippen LogP contribution < -0.4 is 11.5 Å². The molecule has 0 aromatic carbocycles. The maximum atomic E-state index is 11.3. The zero-order valence-electron chi connectivity index (χ0n) is 15.6. The van der Waals surface area contributed by atoms with Crippen LogP contribution in [-0.4, -0.2) is 31.7 Å². The Bertz CT molecular complexity index is 772. The summed E-state index contributed by atoms with van der Waals surface area (Å²) in [5.41, 5.74) is 11.6. The zero-order valence-corrected chi connectivity index (χ0v) is 16.4. The third kappa shape index (κ3) is 5.88. The second-order valence-electron chi connectivity index (χ2n) is 6.55. The van der Waals surface area contributed by atoms with E-state index in [-0.39, 0.29) is 11.2 Å². The van der Waals surface area contributed by atoms with Gasteiger partial charge in [-0.05, 0) is 6.07 Å². The molecule has 0 spiro atoms. The molecule has 9 nitrogen and oxygen atoms in total. The highest BCUT2D eigenvalue weighted by Gasteiger charge is 2.25. The van der Waals surface area contributed by atoms with Crippen molar-refractivity contribution in [1.29, 1.82) is 0 Å². The monoisotopic (exact) mass is 383 g/mol. The van der Waals surface area contributed by atoms with Gasteiger partial charge in [-0.15, -0.1) is 10.2 Å². The first-order valence-electron chi connectivity index (χ1n) is 7.81. The van der Waals surface area contributed by atoms with E-state index in [2.05, 4.69) is 10.2 Å². The molecule has 10 heteroatoms. The van der Waals surface area contributed by atoms with E-state index in [0.29, 0.717) is 12.3 Å². The Hall–Kier alpha value is -2.33. The van der Waals surface area contributed by atoms with Gasteiger partial charge >= 0.3 is 0 Å². The van der Waals surface area contributed by atoms with E-state index in [1.165, 1.54) is 11.8 Å². The van der Waals surface area contributed by atoms with Crippen LogP contribution >= 0.6 is 11.8 Å². The molecule has 0 fully saturated rings. The first-order chi connectivity index (χ1) is 12.0. The molecule has 0 unspecified atom stereocenters. The molecule has 0 aliphatic heterocycles. The number of nitrogens with zero attached hydrogens (tertiary/aromatic N) is 3. The summed E-state index contributed by atoms with van der Waals surface area (Å²) in [6, 6.07) is 1.70. The van der Waals surface area contributed by atoms with Crippen molar-refractivity contribution in [1.82, 2.24) is 14.8 Å². The van der Waals surface area contributed by atoms with Crippen LogP contribution in [0.5, 0.6) is 0 Å². The van der Waals surface area contributed by atoms with Crippen molar-refractivity contribution in [3.63, 3.8) is 0 Å². The van der Waals surface area contributed by atoms with Gasteiger partial charge in [0.05, 0.1) is 6.54 Å². The highest BCUT2D eigenvalue weighted by Crippen LogP contribution is 2.32. The Morgan fingerprint density at radius 2 is 1.92 bits per heavy atom. The molecular weight excluding hydrogens is 358 g/mol. The molecule has 0 aliphatic rings. The number of nitrogens with two attached hydrogens (primary N) is 2. The number of rotatable bonds is 5. The van der Waals surface area contributed by atoms with Crippen molar-refractivity contribution in [3.8, 4) is 0 Å². The molecule has 0 radical (unpaired) electrons. The molecule has 2 rings (SSSR count). The first-order valence-corrected chi connectivity index (χ1v) is 8.79. The molecule has 2 aromatic rings. The molecule has 144 valence electrons. The molecule has 0 saturated carbocycles. The van der Waals surface area contributed by atoms with Gasteiger partial charge in [-0.3, -0.25) is 9.59 Å². The van der Waals surface area contributed by atoms with Crippen molar-refractivity contribution in [2.45, 2.75) is 50.6 Å². The lowest BCUT2D eigenvalue weighted by Gasteiger charge is -2.17. The van der Waals surface area contributed by atoms with E-state index in [4.69, 9.17) is 25.8 Å². The van der Waals surface area contributed by atoms with Crippen molar-refractivity contribution in [2.75, 3.05) is 0 Å². The number of carboxylic acid groups (broad SMARTS) is 1. The molecule has 0 bridgehead atoms. The lowest BCUT2D eigenvalue weighted by atomic mass is 9.91. The summed E-state index contributed by atoms with van der Waals surface area (Å²) in [6.07, 6.45) is 0. The zero-order chi connectivity index (χ0) is 20.1. The lowest BCUT2D eigenvalue weighted by Crippen LogP contribution is -2.12. The highest BCUT2D eigenvalue weighted by molar-refractivity contribution is 7.98. The maximum absolute atomic E-state index is 11.3. The molecule has 5 N–H and O–H groups in total. The minimum Gasteiger partial charge on any atom is -0.481 e. The summed E-state index contributed by atoms with van der Waals surface area (Å²) in [5.74, 6) is 0.880. The van der Waals surface area contributed by atoms with Crippen LogP contribution in [0.2, 0.25) is 0 Å². The largest absolute Gasteiger partial charge is 0.481 e. The summed E-state index contributed by atoms with van der Waals surface area (Å²) >= 11 is 1.51. The van der Waals surface area contributed by atoms with Crippen LogP contribution in [0.4, 0.5) is 0 Å². The predicted molar refractivity (Wildman–Crippen MR) is 97.7 cm³/mol. The number of carbonyl (C=O) groups is 2. The standard InChI is InChI=1S/C14H21N5O2S.C2H4O2/c1-14(2,3)11-8(5-9(21-11)12(16)20)7-22-13-18-17-10(6-15)19(13)4;1-2(3)4/h5H,6-7,15H2,1-4H3,(H2,16,20);1H3,(H,3,4). The number of carboxylic acids is 1. The molecule has 2 heterocycles. The highest BCUT2D eigenvalue weighted by atomic mass is 32.2. The van der Waals surface area contributed by atoms with Crippen LogP contribution in [0, 0.1) is 0 Å². The SMILES string of the molecule is CC(=O)O.Cn1c(CN)nnc1SCc1cc(C(N)=O)oc1C(C)(C)C. The number of aromatic nitrogens is 3. The van der Waals surface area contributed by atoms with Gasteiger partial charge in [0.2, 0.25) is 0 Å². The third-order valence-electron chi connectivity index (χ3n) is 3.20. The molecule has 0 aliphatic carbocycles. The first kappa shape index (κ1) is 21.7. The Morgan fingerprint density at radius 1 is 1.35 bits per heavy atom. The number of carbonyl (C=O) groups excluding carboxylic acids is 1. The van der Waals surface area contributed by atoms with Gasteiger partial charge in [-0.25, -0.2) is 0 Å². The second-order valence-corrected chi connectivity index (χ2v) is 7.49. The minimum absolute atomic E-state index is 0.182.